The number of carbonyl (C=O) groups is 4. The minimum absolute atomic E-state index is 0.0875. The number of rotatable bonds is 71. The van der Waals surface area contributed by atoms with Crippen LogP contribution in [0.2, 0.25) is 0 Å². The molecule has 0 aromatic heterocycles. The standard InChI is InChI=1S/C73H136O17P2/c1-5-9-13-17-21-25-29-33-37-41-45-49-53-57-70(75)83-63-68(89-72(77)59-55-51-47-43-39-35-31-27-23-19-15-11-7-3)65-87-91(79,80)85-61-67(74)62-86-92(81,82)88-66-69(90-73(78)60-56-52-48-44-40-36-32-28-24-20-16-12-8-4)64-84-71(76)58-54-50-46-42-38-34-30-26-22-18-14-10-6-2/h13,17,25,27,29,31,67-69,74H,5-12,14-16,18-24,26,28,30,32-66H2,1-4H3,(H,79,80)(H,81,82)/b17-13-,29-25-,31-27-. The van der Waals surface area contributed by atoms with Gasteiger partial charge < -0.3 is 33.8 Å². The average molecular weight is 1350 g/mol. The van der Waals surface area contributed by atoms with Crippen LogP contribution in [0.1, 0.15) is 349 Å². The highest BCUT2D eigenvalue weighted by Gasteiger charge is 2.30. The minimum Gasteiger partial charge on any atom is -0.462 e. The fourth-order valence-corrected chi connectivity index (χ4v) is 12.0. The largest absolute Gasteiger partial charge is 0.472 e. The van der Waals surface area contributed by atoms with Crippen molar-refractivity contribution in [1.82, 2.24) is 0 Å². The molecule has 0 saturated carbocycles. The van der Waals surface area contributed by atoms with E-state index in [1.165, 1.54) is 135 Å². The summed E-state index contributed by atoms with van der Waals surface area (Å²) in [5.41, 5.74) is 0. The van der Waals surface area contributed by atoms with Gasteiger partial charge in [0, 0.05) is 25.7 Å². The van der Waals surface area contributed by atoms with Crippen molar-refractivity contribution < 1.29 is 80.2 Å². The fraction of sp³-hybridized carbons (Fsp3) is 0.863. The molecule has 0 spiro atoms. The van der Waals surface area contributed by atoms with E-state index < -0.39 is 97.5 Å². The first-order chi connectivity index (χ1) is 44.7. The molecule has 5 unspecified atom stereocenters. The van der Waals surface area contributed by atoms with E-state index in [2.05, 4.69) is 64.2 Å². The van der Waals surface area contributed by atoms with Crippen molar-refractivity contribution in [2.75, 3.05) is 39.6 Å². The van der Waals surface area contributed by atoms with Gasteiger partial charge in [0.1, 0.15) is 19.3 Å². The summed E-state index contributed by atoms with van der Waals surface area (Å²) in [6, 6.07) is 0. The van der Waals surface area contributed by atoms with E-state index >= 15 is 0 Å². The summed E-state index contributed by atoms with van der Waals surface area (Å²) < 4.78 is 68.3. The Bertz CT molecular complexity index is 1900. The Morgan fingerprint density at radius 2 is 0.554 bits per heavy atom. The number of esters is 4. The minimum atomic E-state index is -4.96. The third-order valence-corrected chi connectivity index (χ3v) is 18.0. The quantitative estimate of drug-likeness (QED) is 0.0169. The Labute approximate surface area is 560 Å². The van der Waals surface area contributed by atoms with Crippen molar-refractivity contribution in [2.24, 2.45) is 0 Å². The highest BCUT2D eigenvalue weighted by Crippen LogP contribution is 2.45. The molecule has 0 heterocycles. The van der Waals surface area contributed by atoms with Gasteiger partial charge in [-0.2, -0.15) is 0 Å². The molecule has 0 radical (unpaired) electrons. The number of phosphoric acid groups is 2. The second-order valence-electron chi connectivity index (χ2n) is 25.2. The van der Waals surface area contributed by atoms with Gasteiger partial charge >= 0.3 is 39.5 Å². The lowest BCUT2D eigenvalue weighted by Crippen LogP contribution is -2.30. The number of allylic oxidation sites excluding steroid dienone is 6. The number of carbonyl (C=O) groups excluding carboxylic acids is 4. The zero-order valence-electron chi connectivity index (χ0n) is 58.7. The lowest BCUT2D eigenvalue weighted by atomic mass is 10.0. The molecular formula is C73H136O17P2. The summed E-state index contributed by atoms with van der Waals surface area (Å²) >= 11 is 0. The van der Waals surface area contributed by atoms with Gasteiger partial charge in [-0.3, -0.25) is 37.3 Å². The van der Waals surface area contributed by atoms with Crippen LogP contribution in [-0.2, 0) is 65.4 Å². The predicted octanol–water partition coefficient (Wildman–Crippen LogP) is 20.8. The van der Waals surface area contributed by atoms with Gasteiger partial charge in [0.25, 0.3) is 0 Å². The van der Waals surface area contributed by atoms with Crippen molar-refractivity contribution in [3.8, 4) is 0 Å². The number of aliphatic hydroxyl groups is 1. The van der Waals surface area contributed by atoms with Crippen molar-refractivity contribution in [3.63, 3.8) is 0 Å². The molecule has 0 bridgehead atoms. The number of ether oxygens (including phenoxy) is 4. The molecule has 5 atom stereocenters. The van der Waals surface area contributed by atoms with E-state index in [0.717, 1.165) is 135 Å². The molecule has 0 aliphatic heterocycles. The zero-order chi connectivity index (χ0) is 67.5. The number of hydrogen-bond donors (Lipinski definition) is 3. The maximum atomic E-state index is 13.0. The lowest BCUT2D eigenvalue weighted by molar-refractivity contribution is -0.161. The summed E-state index contributed by atoms with van der Waals surface area (Å²) in [5, 5.41) is 10.6. The van der Waals surface area contributed by atoms with Crippen LogP contribution in [0.5, 0.6) is 0 Å². The molecular weight excluding hydrogens is 1210 g/mol. The summed E-state index contributed by atoms with van der Waals surface area (Å²) in [6.07, 6.45) is 59.9. The molecule has 0 aliphatic rings. The van der Waals surface area contributed by atoms with Crippen LogP contribution in [0.3, 0.4) is 0 Å². The summed E-state index contributed by atoms with van der Waals surface area (Å²) in [5.74, 6) is -2.16. The second-order valence-corrected chi connectivity index (χ2v) is 28.2. The Hall–Kier alpha value is -2.72. The SMILES string of the molecule is CCC/C=C\C/C=C\CCCCCCCC(=O)OCC(COP(=O)(O)OCC(O)COP(=O)(O)OCC(COC(=O)CCCCCCCCCCCCCCC)OC(=O)CCCCCCCCCCCCCCC)OC(=O)CCCCCCC/C=C\CCCCCC. The number of phosphoric ester groups is 2. The molecule has 0 amide bonds. The summed E-state index contributed by atoms with van der Waals surface area (Å²) in [4.78, 5) is 72.7. The van der Waals surface area contributed by atoms with Crippen molar-refractivity contribution >= 4 is 39.5 Å². The Kier molecular flexibility index (Phi) is 64.9. The van der Waals surface area contributed by atoms with Gasteiger partial charge in [0.15, 0.2) is 12.2 Å². The molecule has 0 aromatic carbocycles. The predicted molar refractivity (Wildman–Crippen MR) is 372 cm³/mol. The first kappa shape index (κ1) is 89.3. The van der Waals surface area contributed by atoms with Gasteiger partial charge in [0.2, 0.25) is 0 Å². The first-order valence-corrected chi connectivity index (χ1v) is 40.2. The molecule has 92 heavy (non-hydrogen) atoms. The molecule has 3 N–H and O–H groups in total. The van der Waals surface area contributed by atoms with Crippen LogP contribution < -0.4 is 0 Å². The lowest BCUT2D eigenvalue weighted by Gasteiger charge is -2.21. The number of unbranched alkanes of at least 4 members (excludes halogenated alkanes) is 39. The van der Waals surface area contributed by atoms with Crippen LogP contribution in [0.25, 0.3) is 0 Å². The van der Waals surface area contributed by atoms with Crippen molar-refractivity contribution in [3.05, 3.63) is 36.5 Å². The van der Waals surface area contributed by atoms with Crippen LogP contribution >= 0.6 is 15.6 Å². The topological polar surface area (TPSA) is 237 Å². The number of hydrogen-bond acceptors (Lipinski definition) is 15. The van der Waals surface area contributed by atoms with E-state index in [1.807, 2.05) is 0 Å². The maximum absolute atomic E-state index is 13.0. The fourth-order valence-electron chi connectivity index (χ4n) is 10.4. The second kappa shape index (κ2) is 66.9. The monoisotopic (exact) mass is 1350 g/mol. The average Bonchev–Trinajstić information content (AvgIpc) is 3.63. The van der Waals surface area contributed by atoms with Gasteiger partial charge in [-0.1, -0.05) is 282 Å². The van der Waals surface area contributed by atoms with E-state index in [9.17, 15) is 43.2 Å². The molecule has 0 aliphatic carbocycles. The smallest absolute Gasteiger partial charge is 0.462 e. The van der Waals surface area contributed by atoms with Gasteiger partial charge in [-0.05, 0) is 77.0 Å². The van der Waals surface area contributed by atoms with Crippen LogP contribution in [0.15, 0.2) is 36.5 Å². The molecule has 17 nitrogen and oxygen atoms in total. The molecule has 540 valence electrons. The molecule has 0 saturated heterocycles. The number of aliphatic hydroxyl groups excluding tert-OH is 1. The molecule has 0 aromatic rings. The van der Waals surface area contributed by atoms with Crippen LogP contribution in [0.4, 0.5) is 0 Å². The maximum Gasteiger partial charge on any atom is 0.472 e. The van der Waals surface area contributed by atoms with E-state index in [0.29, 0.717) is 25.7 Å². The van der Waals surface area contributed by atoms with Crippen LogP contribution in [-0.4, -0.2) is 96.7 Å². The van der Waals surface area contributed by atoms with Crippen molar-refractivity contribution in [2.45, 2.75) is 367 Å². The zero-order valence-corrected chi connectivity index (χ0v) is 60.5. The van der Waals surface area contributed by atoms with Gasteiger partial charge in [-0.15, -0.1) is 0 Å². The Morgan fingerprint density at radius 1 is 0.304 bits per heavy atom. The summed E-state index contributed by atoms with van der Waals surface area (Å²) in [6.45, 7) is 4.83. The van der Waals surface area contributed by atoms with E-state index in [4.69, 9.17) is 37.0 Å². The van der Waals surface area contributed by atoms with E-state index in [-0.39, 0.29) is 25.7 Å². The highest BCUT2D eigenvalue weighted by atomic mass is 31.2. The Morgan fingerprint density at radius 3 is 0.870 bits per heavy atom. The highest BCUT2D eigenvalue weighted by molar-refractivity contribution is 7.47. The molecule has 19 heteroatoms. The van der Waals surface area contributed by atoms with Gasteiger partial charge in [0.05, 0.1) is 26.4 Å². The third-order valence-electron chi connectivity index (χ3n) is 16.1. The van der Waals surface area contributed by atoms with Crippen LogP contribution in [0, 0.1) is 0 Å². The summed E-state index contributed by atoms with van der Waals surface area (Å²) in [7, 11) is -9.92. The van der Waals surface area contributed by atoms with Gasteiger partial charge in [-0.25, -0.2) is 9.13 Å². The molecule has 0 rings (SSSR count). The van der Waals surface area contributed by atoms with E-state index in [1.54, 1.807) is 0 Å². The third kappa shape index (κ3) is 65.9. The normalized spacial score (nSPS) is 14.2. The van der Waals surface area contributed by atoms with Crippen molar-refractivity contribution in [1.29, 1.82) is 0 Å². The molecule has 0 fully saturated rings. The Balaban J connectivity index is 5.30. The first-order valence-electron chi connectivity index (χ1n) is 37.2.